The highest BCUT2D eigenvalue weighted by Gasteiger charge is 2.24. The van der Waals surface area contributed by atoms with Crippen LogP contribution in [0.3, 0.4) is 0 Å². The zero-order valence-electron chi connectivity index (χ0n) is 13.0. The van der Waals surface area contributed by atoms with Crippen LogP contribution in [-0.4, -0.2) is 36.5 Å². The van der Waals surface area contributed by atoms with E-state index in [1.807, 2.05) is 0 Å². The summed E-state index contributed by atoms with van der Waals surface area (Å²) in [6.45, 7) is 6.65. The van der Waals surface area contributed by atoms with Crippen molar-refractivity contribution in [1.82, 2.24) is 10.2 Å². The van der Waals surface area contributed by atoms with E-state index in [1.54, 1.807) is 13.0 Å². The minimum Gasteiger partial charge on any atom is -0.451 e. The molecule has 1 fully saturated rings. The molecular weight excluding hydrogens is 283 g/mol. The van der Waals surface area contributed by atoms with Crippen molar-refractivity contribution in [2.24, 2.45) is 0 Å². The average Bonchev–Trinajstić information content (AvgIpc) is 3.10. The second-order valence-corrected chi connectivity index (χ2v) is 5.83. The monoisotopic (exact) mass is 304 g/mol. The van der Waals surface area contributed by atoms with Gasteiger partial charge >= 0.3 is 0 Å². The predicted molar refractivity (Wildman–Crippen MR) is 83.5 cm³/mol. The summed E-state index contributed by atoms with van der Waals surface area (Å²) >= 11 is 0. The summed E-state index contributed by atoms with van der Waals surface area (Å²) in [6, 6.07) is 4.70. The van der Waals surface area contributed by atoms with Gasteiger partial charge < -0.3 is 9.73 Å². The molecule has 3 rings (SSSR count). The third-order valence-electron chi connectivity index (χ3n) is 4.51. The molecule has 0 spiro atoms. The third-order valence-corrected chi connectivity index (χ3v) is 4.51. The minimum atomic E-state index is -0.326. The lowest BCUT2D eigenvalue weighted by molar-refractivity contribution is 0.0915. The van der Waals surface area contributed by atoms with Crippen LogP contribution in [0.4, 0.5) is 4.39 Å². The third kappa shape index (κ3) is 2.73. The van der Waals surface area contributed by atoms with Gasteiger partial charge in [0.25, 0.3) is 5.91 Å². The van der Waals surface area contributed by atoms with Gasteiger partial charge in [0.1, 0.15) is 11.4 Å². The molecule has 1 amide bonds. The highest BCUT2D eigenvalue weighted by molar-refractivity contribution is 5.98. The van der Waals surface area contributed by atoms with Crippen LogP contribution in [0.5, 0.6) is 0 Å². The zero-order chi connectivity index (χ0) is 15.7. The number of hydrogen-bond acceptors (Lipinski definition) is 3. The van der Waals surface area contributed by atoms with Crippen LogP contribution in [0.1, 0.15) is 35.9 Å². The molecule has 118 valence electrons. The summed E-state index contributed by atoms with van der Waals surface area (Å²) in [7, 11) is 0. The smallest absolute Gasteiger partial charge is 0.287 e. The Bertz CT molecular complexity index is 695. The molecule has 0 aliphatic carbocycles. The lowest BCUT2D eigenvalue weighted by atomic mass is 10.1. The second-order valence-electron chi connectivity index (χ2n) is 5.83. The number of furan rings is 1. The number of nitrogens with one attached hydrogen (secondary N) is 1. The molecule has 22 heavy (non-hydrogen) atoms. The van der Waals surface area contributed by atoms with Crippen molar-refractivity contribution >= 4 is 16.9 Å². The number of nitrogens with zero attached hydrogens (tertiary/aromatic N) is 1. The SMILES string of the molecule is CCN1CCCC1CNC(=O)c1oc2ccc(F)cc2c1C. The van der Waals surface area contributed by atoms with Crippen molar-refractivity contribution in [2.45, 2.75) is 32.7 Å². The van der Waals surface area contributed by atoms with E-state index >= 15 is 0 Å². The summed E-state index contributed by atoms with van der Waals surface area (Å²) in [5, 5.41) is 3.61. The second kappa shape index (κ2) is 6.08. The van der Waals surface area contributed by atoms with Gasteiger partial charge in [0.2, 0.25) is 0 Å². The highest BCUT2D eigenvalue weighted by Crippen LogP contribution is 2.26. The van der Waals surface area contributed by atoms with Gasteiger partial charge in [0.15, 0.2) is 5.76 Å². The number of halogens is 1. The van der Waals surface area contributed by atoms with Crippen LogP contribution in [0, 0.1) is 12.7 Å². The molecule has 1 aromatic carbocycles. The van der Waals surface area contributed by atoms with Gasteiger partial charge in [0.05, 0.1) is 0 Å². The van der Waals surface area contributed by atoms with Gasteiger partial charge in [0, 0.05) is 23.5 Å². The molecule has 2 heterocycles. The van der Waals surface area contributed by atoms with Gasteiger partial charge in [-0.1, -0.05) is 6.92 Å². The number of carbonyl (C=O) groups is 1. The van der Waals surface area contributed by atoms with Crippen molar-refractivity contribution < 1.29 is 13.6 Å². The van der Waals surface area contributed by atoms with Crippen LogP contribution < -0.4 is 5.32 Å². The maximum Gasteiger partial charge on any atom is 0.287 e. The van der Waals surface area contributed by atoms with Gasteiger partial charge in [-0.15, -0.1) is 0 Å². The van der Waals surface area contributed by atoms with Crippen LogP contribution in [-0.2, 0) is 0 Å². The number of carbonyl (C=O) groups excluding carboxylic acids is 1. The Labute approximate surface area is 129 Å². The fourth-order valence-electron chi connectivity index (χ4n) is 3.24. The summed E-state index contributed by atoms with van der Waals surface area (Å²) in [5.74, 6) is -0.272. The Hall–Kier alpha value is -1.88. The molecule has 1 unspecified atom stereocenters. The van der Waals surface area contributed by atoms with Crippen molar-refractivity contribution in [3.63, 3.8) is 0 Å². The normalized spacial score (nSPS) is 19.0. The van der Waals surface area contributed by atoms with E-state index in [4.69, 9.17) is 4.42 Å². The number of aryl methyl sites for hydroxylation is 1. The van der Waals surface area contributed by atoms with Crippen molar-refractivity contribution in [2.75, 3.05) is 19.6 Å². The first-order valence-corrected chi connectivity index (χ1v) is 7.81. The average molecular weight is 304 g/mol. The minimum absolute atomic E-state index is 0.225. The predicted octanol–water partition coefficient (Wildman–Crippen LogP) is 3.09. The number of rotatable bonds is 4. The van der Waals surface area contributed by atoms with Crippen LogP contribution in [0.2, 0.25) is 0 Å². The van der Waals surface area contributed by atoms with Crippen LogP contribution in [0.15, 0.2) is 22.6 Å². The summed E-state index contributed by atoms with van der Waals surface area (Å²) in [4.78, 5) is 14.7. The fourth-order valence-corrected chi connectivity index (χ4v) is 3.24. The lowest BCUT2D eigenvalue weighted by Crippen LogP contribution is -2.40. The maximum absolute atomic E-state index is 13.3. The molecule has 0 radical (unpaired) electrons. The van der Waals surface area contributed by atoms with Gasteiger partial charge in [-0.3, -0.25) is 9.69 Å². The molecule has 0 bridgehead atoms. The van der Waals surface area contributed by atoms with Crippen molar-refractivity contribution in [3.8, 4) is 0 Å². The standard InChI is InChI=1S/C17H21FN2O2/c1-3-20-8-4-5-13(20)10-19-17(21)16-11(2)14-9-12(18)6-7-15(14)22-16/h6-7,9,13H,3-5,8,10H2,1-2H3,(H,19,21). The summed E-state index contributed by atoms with van der Waals surface area (Å²) in [5.41, 5.74) is 1.23. The van der Waals surface area contributed by atoms with Gasteiger partial charge in [-0.25, -0.2) is 4.39 Å². The molecule has 4 nitrogen and oxygen atoms in total. The molecule has 1 aliphatic heterocycles. The Morgan fingerprint density at radius 3 is 3.09 bits per heavy atom. The Morgan fingerprint density at radius 2 is 2.32 bits per heavy atom. The van der Waals surface area contributed by atoms with Crippen molar-refractivity contribution in [3.05, 3.63) is 35.3 Å². The highest BCUT2D eigenvalue weighted by atomic mass is 19.1. The molecule has 1 aromatic heterocycles. The van der Waals surface area contributed by atoms with E-state index in [0.717, 1.165) is 19.5 Å². The first-order valence-electron chi connectivity index (χ1n) is 7.81. The molecule has 1 N–H and O–H groups in total. The Morgan fingerprint density at radius 1 is 1.50 bits per heavy atom. The first-order chi connectivity index (χ1) is 10.6. The topological polar surface area (TPSA) is 45.5 Å². The van der Waals surface area contributed by atoms with Crippen LogP contribution in [0.25, 0.3) is 11.0 Å². The summed E-state index contributed by atoms with van der Waals surface area (Å²) in [6.07, 6.45) is 2.29. The molecule has 1 aliphatic rings. The van der Waals surface area contributed by atoms with E-state index < -0.39 is 0 Å². The summed E-state index contributed by atoms with van der Waals surface area (Å²) < 4.78 is 18.9. The van der Waals surface area contributed by atoms with E-state index in [0.29, 0.717) is 29.1 Å². The number of likely N-dealkylation sites (tertiary alicyclic amines) is 1. The number of benzene rings is 1. The van der Waals surface area contributed by atoms with E-state index in [9.17, 15) is 9.18 Å². The Balaban J connectivity index is 1.74. The zero-order valence-corrected chi connectivity index (χ0v) is 13.0. The number of fused-ring (bicyclic) bond motifs is 1. The number of amides is 1. The Kier molecular flexibility index (Phi) is 4.16. The first kappa shape index (κ1) is 15.0. The number of likely N-dealkylation sites (N-methyl/N-ethyl adjacent to an activating group) is 1. The van der Waals surface area contributed by atoms with Gasteiger partial charge in [-0.2, -0.15) is 0 Å². The lowest BCUT2D eigenvalue weighted by Gasteiger charge is -2.22. The molecule has 0 saturated carbocycles. The van der Waals surface area contributed by atoms with Crippen molar-refractivity contribution in [1.29, 1.82) is 0 Å². The van der Waals surface area contributed by atoms with E-state index in [2.05, 4.69) is 17.1 Å². The molecule has 1 atom stereocenters. The largest absolute Gasteiger partial charge is 0.451 e. The molecule has 1 saturated heterocycles. The van der Waals surface area contributed by atoms with E-state index in [-0.39, 0.29) is 17.5 Å². The van der Waals surface area contributed by atoms with Gasteiger partial charge in [-0.05, 0) is 51.1 Å². The molecule has 2 aromatic rings. The van der Waals surface area contributed by atoms with E-state index in [1.165, 1.54) is 18.6 Å². The number of hydrogen-bond donors (Lipinski definition) is 1. The quantitative estimate of drug-likeness (QED) is 0.944. The van der Waals surface area contributed by atoms with Crippen LogP contribution >= 0.6 is 0 Å². The molecular formula is C17H21FN2O2. The molecule has 5 heteroatoms. The fraction of sp³-hybridized carbons (Fsp3) is 0.471. The maximum atomic E-state index is 13.3.